The molecule has 0 unspecified atom stereocenters. The molecule has 1 aromatic heterocycles. The van der Waals surface area contributed by atoms with Gasteiger partial charge in [0.25, 0.3) is 0 Å². The van der Waals surface area contributed by atoms with E-state index in [9.17, 15) is 8.42 Å². The number of benzene rings is 2. The van der Waals surface area contributed by atoms with E-state index >= 15 is 0 Å². The molecule has 0 aliphatic carbocycles. The van der Waals surface area contributed by atoms with E-state index in [0.717, 1.165) is 41.0 Å². The molecule has 2 aromatic carbocycles. The van der Waals surface area contributed by atoms with Crippen LogP contribution in [0.4, 0.5) is 5.13 Å². The van der Waals surface area contributed by atoms with Crippen molar-refractivity contribution in [2.75, 3.05) is 36.8 Å². The van der Waals surface area contributed by atoms with Crippen LogP contribution in [0.25, 0.3) is 0 Å². The van der Waals surface area contributed by atoms with Gasteiger partial charge in [-0.05, 0) is 49.1 Å². The summed E-state index contributed by atoms with van der Waals surface area (Å²) in [4.78, 5) is 6.90. The molecule has 182 valence electrons. The van der Waals surface area contributed by atoms with Crippen LogP contribution in [0.3, 0.4) is 0 Å². The molecule has 1 aliphatic heterocycles. The number of aromatic nitrogens is 2. The summed E-state index contributed by atoms with van der Waals surface area (Å²) in [5.41, 5.74) is 2.31. The van der Waals surface area contributed by atoms with Crippen molar-refractivity contribution in [3.8, 4) is 11.5 Å². The van der Waals surface area contributed by atoms with E-state index < -0.39 is 10.0 Å². The number of ether oxygens (including phenoxy) is 1. The minimum atomic E-state index is -3.21. The molecule has 0 N–H and O–H groups in total. The molecule has 0 amide bonds. The molecule has 3 aromatic rings. The Balaban J connectivity index is 1.34. The van der Waals surface area contributed by atoms with Crippen LogP contribution < -0.4 is 9.64 Å². The zero-order valence-corrected chi connectivity index (χ0v) is 21.6. The van der Waals surface area contributed by atoms with Gasteiger partial charge in [0, 0.05) is 44.1 Å². The van der Waals surface area contributed by atoms with E-state index in [2.05, 4.69) is 16.2 Å². The third-order valence-corrected chi connectivity index (χ3v) is 8.72. The van der Waals surface area contributed by atoms with Crippen LogP contribution in [0.15, 0.2) is 48.5 Å². The largest absolute Gasteiger partial charge is 0.457 e. The lowest BCUT2D eigenvalue weighted by Gasteiger charge is -2.22. The fourth-order valence-corrected chi connectivity index (χ4v) is 6.49. The van der Waals surface area contributed by atoms with Crippen molar-refractivity contribution in [3.63, 3.8) is 0 Å². The molecule has 4 rings (SSSR count). The molecular formula is C25H32N4O3S2. The number of hydrogen-bond donors (Lipinski definition) is 0. The first-order valence-electron chi connectivity index (χ1n) is 11.7. The first-order valence-corrected chi connectivity index (χ1v) is 14.1. The van der Waals surface area contributed by atoms with E-state index in [4.69, 9.17) is 9.72 Å². The normalized spacial score (nSPS) is 15.5. The second-order valence-corrected chi connectivity index (χ2v) is 11.9. The average Bonchev–Trinajstić information content (AvgIpc) is 3.09. The number of rotatable bonds is 8. The van der Waals surface area contributed by atoms with Crippen LogP contribution in [0.5, 0.6) is 11.5 Å². The van der Waals surface area contributed by atoms with Crippen molar-refractivity contribution in [3.05, 3.63) is 65.5 Å². The highest BCUT2D eigenvalue weighted by Gasteiger charge is 2.26. The fourth-order valence-electron chi connectivity index (χ4n) is 3.94. The van der Waals surface area contributed by atoms with E-state index in [1.165, 1.54) is 17.1 Å². The highest BCUT2D eigenvalue weighted by atomic mass is 32.2. The third kappa shape index (κ3) is 6.55. The fraction of sp³-hybridized carbons (Fsp3) is 0.440. The Labute approximate surface area is 206 Å². The highest BCUT2D eigenvalue weighted by Crippen LogP contribution is 2.24. The van der Waals surface area contributed by atoms with E-state index in [1.807, 2.05) is 62.4 Å². The van der Waals surface area contributed by atoms with Gasteiger partial charge in [-0.15, -0.1) is 0 Å². The number of nitrogens with zero attached hydrogens (tertiary/aromatic N) is 4. The standard InChI is InChI=1S/C25H32N4O3S2/c1-19(2)18-34(30,31)29-14-4-13-28(15-16-29)25-26-24(27-33-25)17-21-7-11-23(12-8-21)32-22-9-5-20(3)6-10-22/h5-12,19H,4,13-18H2,1-3H3. The molecule has 7 nitrogen and oxygen atoms in total. The summed E-state index contributed by atoms with van der Waals surface area (Å²) in [5.74, 6) is 2.71. The third-order valence-electron chi connectivity index (χ3n) is 5.66. The van der Waals surface area contributed by atoms with Crippen molar-refractivity contribution >= 4 is 26.7 Å². The summed E-state index contributed by atoms with van der Waals surface area (Å²) < 4.78 is 37.3. The Kier molecular flexibility index (Phi) is 7.85. The minimum absolute atomic E-state index is 0.123. The van der Waals surface area contributed by atoms with E-state index in [1.54, 1.807) is 4.31 Å². The van der Waals surface area contributed by atoms with Crippen LogP contribution in [0.1, 0.15) is 37.2 Å². The second-order valence-electron chi connectivity index (χ2n) is 9.14. The van der Waals surface area contributed by atoms with Gasteiger partial charge < -0.3 is 9.64 Å². The average molecular weight is 501 g/mol. The first kappa shape index (κ1) is 24.6. The van der Waals surface area contributed by atoms with Gasteiger partial charge in [0.05, 0.1) is 5.75 Å². The summed E-state index contributed by atoms with van der Waals surface area (Å²) in [6, 6.07) is 16.0. The van der Waals surface area contributed by atoms with Gasteiger partial charge in [-0.2, -0.15) is 4.37 Å². The topological polar surface area (TPSA) is 75.6 Å². The Morgan fingerprint density at radius 3 is 2.32 bits per heavy atom. The molecule has 1 fully saturated rings. The van der Waals surface area contributed by atoms with Crippen molar-refractivity contribution in [1.82, 2.24) is 13.7 Å². The first-order chi connectivity index (χ1) is 16.3. The van der Waals surface area contributed by atoms with Gasteiger partial charge in [0.15, 0.2) is 0 Å². The van der Waals surface area contributed by atoms with Gasteiger partial charge >= 0.3 is 0 Å². The van der Waals surface area contributed by atoms with E-state index in [-0.39, 0.29) is 11.7 Å². The van der Waals surface area contributed by atoms with Crippen molar-refractivity contribution in [2.45, 2.75) is 33.6 Å². The predicted molar refractivity (Wildman–Crippen MR) is 137 cm³/mol. The molecule has 0 bridgehead atoms. The van der Waals surface area contributed by atoms with E-state index in [0.29, 0.717) is 26.1 Å². The number of aryl methyl sites for hydroxylation is 1. The Bertz CT molecular complexity index is 1180. The number of anilines is 1. The van der Waals surface area contributed by atoms with Gasteiger partial charge in [0.1, 0.15) is 17.3 Å². The molecule has 1 saturated heterocycles. The molecule has 2 heterocycles. The van der Waals surface area contributed by atoms with Crippen LogP contribution in [0.2, 0.25) is 0 Å². The summed E-state index contributed by atoms with van der Waals surface area (Å²) in [6.45, 7) is 8.41. The molecule has 9 heteroatoms. The number of sulfonamides is 1. The van der Waals surface area contributed by atoms with Crippen molar-refractivity contribution < 1.29 is 13.2 Å². The van der Waals surface area contributed by atoms with Crippen LogP contribution in [-0.4, -0.2) is 54.0 Å². The summed E-state index contributed by atoms with van der Waals surface area (Å²) in [6.07, 6.45) is 1.43. The molecule has 0 radical (unpaired) electrons. The lowest BCUT2D eigenvalue weighted by molar-refractivity contribution is 0.428. The predicted octanol–water partition coefficient (Wildman–Crippen LogP) is 4.73. The smallest absolute Gasteiger partial charge is 0.214 e. The van der Waals surface area contributed by atoms with Gasteiger partial charge in [-0.3, -0.25) is 0 Å². The SMILES string of the molecule is Cc1ccc(Oc2ccc(Cc3nsc(N4CCCN(S(=O)(=O)CC(C)C)CC4)n3)cc2)cc1. The van der Waals surface area contributed by atoms with Crippen molar-refractivity contribution in [1.29, 1.82) is 0 Å². The van der Waals surface area contributed by atoms with Gasteiger partial charge in [-0.25, -0.2) is 17.7 Å². The lowest BCUT2D eigenvalue weighted by atomic mass is 10.1. The highest BCUT2D eigenvalue weighted by molar-refractivity contribution is 7.89. The van der Waals surface area contributed by atoms with Gasteiger partial charge in [0.2, 0.25) is 15.2 Å². The molecule has 0 atom stereocenters. The summed E-state index contributed by atoms with van der Waals surface area (Å²) in [5, 5.41) is 0.859. The Morgan fingerprint density at radius 2 is 1.65 bits per heavy atom. The quantitative estimate of drug-likeness (QED) is 0.445. The molecule has 0 saturated carbocycles. The maximum atomic E-state index is 12.6. The minimum Gasteiger partial charge on any atom is -0.457 e. The lowest BCUT2D eigenvalue weighted by Crippen LogP contribution is -2.37. The zero-order chi connectivity index (χ0) is 24.1. The number of hydrogen-bond acceptors (Lipinski definition) is 7. The van der Waals surface area contributed by atoms with Crippen molar-refractivity contribution in [2.24, 2.45) is 5.92 Å². The van der Waals surface area contributed by atoms with Crippen LogP contribution in [0, 0.1) is 12.8 Å². The second kappa shape index (κ2) is 10.8. The maximum absolute atomic E-state index is 12.6. The Morgan fingerprint density at radius 1 is 0.971 bits per heavy atom. The molecule has 1 aliphatic rings. The molecular weight excluding hydrogens is 468 g/mol. The molecule has 0 spiro atoms. The maximum Gasteiger partial charge on any atom is 0.214 e. The monoisotopic (exact) mass is 500 g/mol. The van der Waals surface area contributed by atoms with Gasteiger partial charge in [-0.1, -0.05) is 43.7 Å². The van der Waals surface area contributed by atoms with Crippen LogP contribution >= 0.6 is 11.5 Å². The van der Waals surface area contributed by atoms with Crippen LogP contribution in [-0.2, 0) is 16.4 Å². The summed E-state index contributed by atoms with van der Waals surface area (Å²) in [7, 11) is -3.21. The summed E-state index contributed by atoms with van der Waals surface area (Å²) >= 11 is 1.38. The molecule has 34 heavy (non-hydrogen) atoms. The Hall–Kier alpha value is -2.49. The zero-order valence-electron chi connectivity index (χ0n) is 20.0.